The molecular formula is C13H19BrN2O2. The molecule has 0 heterocycles. The number of amides is 1. The summed E-state index contributed by atoms with van der Waals surface area (Å²) in [6.45, 7) is 5.13. The summed E-state index contributed by atoms with van der Waals surface area (Å²) in [6.07, 6.45) is 1.15. The fourth-order valence-corrected chi connectivity index (χ4v) is 2.12. The van der Waals surface area contributed by atoms with Crippen LogP contribution in [0.5, 0.6) is 0 Å². The first kappa shape index (κ1) is 15.0. The summed E-state index contributed by atoms with van der Waals surface area (Å²) in [7, 11) is 0. The number of ether oxygens (including phenoxy) is 1. The number of nitrogens with two attached hydrogens (primary N) is 1. The van der Waals surface area contributed by atoms with Crippen LogP contribution in [-0.2, 0) is 9.53 Å². The lowest BCUT2D eigenvalue weighted by atomic mass is 10.1. The quantitative estimate of drug-likeness (QED) is 0.626. The molecule has 3 N–H and O–H groups in total. The highest BCUT2D eigenvalue weighted by Gasteiger charge is 2.08. The zero-order valence-corrected chi connectivity index (χ0v) is 12.3. The van der Waals surface area contributed by atoms with Crippen LogP contribution in [0.2, 0.25) is 0 Å². The summed E-state index contributed by atoms with van der Waals surface area (Å²) in [6, 6.07) is 3.73. The number of carbonyl (C=O) groups is 1. The van der Waals surface area contributed by atoms with Crippen LogP contribution in [0.3, 0.4) is 0 Å². The number of benzene rings is 1. The Kier molecular flexibility index (Phi) is 6.15. The Morgan fingerprint density at radius 2 is 2.22 bits per heavy atom. The van der Waals surface area contributed by atoms with Gasteiger partial charge in [-0.1, -0.05) is 15.9 Å². The maximum atomic E-state index is 11.7. The van der Waals surface area contributed by atoms with Gasteiger partial charge in [-0.3, -0.25) is 4.79 Å². The molecule has 5 heteroatoms. The highest BCUT2D eigenvalue weighted by Crippen LogP contribution is 2.27. The molecule has 0 saturated heterocycles. The number of anilines is 2. The summed E-state index contributed by atoms with van der Waals surface area (Å²) in [4.78, 5) is 11.7. The number of hydrogen-bond donors (Lipinski definition) is 2. The third kappa shape index (κ3) is 4.66. The molecule has 18 heavy (non-hydrogen) atoms. The second kappa shape index (κ2) is 7.38. The number of carbonyl (C=O) groups excluding carboxylic acids is 1. The molecular weight excluding hydrogens is 296 g/mol. The molecule has 0 aromatic heterocycles. The molecule has 0 aliphatic rings. The first-order valence-electron chi connectivity index (χ1n) is 5.97. The van der Waals surface area contributed by atoms with E-state index in [1.54, 1.807) is 0 Å². The molecule has 1 aromatic rings. The van der Waals surface area contributed by atoms with E-state index in [9.17, 15) is 4.79 Å². The lowest BCUT2D eigenvalue weighted by Crippen LogP contribution is -2.14. The minimum absolute atomic E-state index is 0.0427. The Balaban J connectivity index is 2.54. The molecule has 0 unspecified atom stereocenters. The lowest BCUT2D eigenvalue weighted by Gasteiger charge is -2.11. The average Bonchev–Trinajstić information content (AvgIpc) is 2.31. The fourth-order valence-electron chi connectivity index (χ4n) is 1.55. The van der Waals surface area contributed by atoms with E-state index in [-0.39, 0.29) is 5.91 Å². The van der Waals surface area contributed by atoms with Gasteiger partial charge in [0.15, 0.2) is 0 Å². The molecule has 0 aliphatic carbocycles. The number of rotatable bonds is 6. The monoisotopic (exact) mass is 314 g/mol. The van der Waals surface area contributed by atoms with Crippen LogP contribution < -0.4 is 11.1 Å². The molecule has 0 radical (unpaired) electrons. The molecule has 4 nitrogen and oxygen atoms in total. The van der Waals surface area contributed by atoms with Gasteiger partial charge in [0.05, 0.1) is 11.4 Å². The van der Waals surface area contributed by atoms with E-state index in [0.717, 1.165) is 10.0 Å². The second-order valence-corrected chi connectivity index (χ2v) is 4.95. The van der Waals surface area contributed by atoms with Crippen LogP contribution in [0.15, 0.2) is 16.6 Å². The zero-order chi connectivity index (χ0) is 13.5. The smallest absolute Gasteiger partial charge is 0.224 e. The third-order valence-electron chi connectivity index (χ3n) is 2.52. The van der Waals surface area contributed by atoms with Crippen molar-refractivity contribution in [3.63, 3.8) is 0 Å². The van der Waals surface area contributed by atoms with Crippen LogP contribution in [-0.4, -0.2) is 19.1 Å². The molecule has 100 valence electrons. The van der Waals surface area contributed by atoms with Crippen molar-refractivity contribution in [2.75, 3.05) is 24.3 Å². The predicted octanol–water partition coefficient (Wildman–Crippen LogP) is 3.09. The van der Waals surface area contributed by atoms with Crippen molar-refractivity contribution < 1.29 is 9.53 Å². The average molecular weight is 315 g/mol. The summed E-state index contributed by atoms with van der Waals surface area (Å²) in [5.74, 6) is -0.0427. The Morgan fingerprint density at radius 1 is 1.50 bits per heavy atom. The molecule has 0 spiro atoms. The number of nitrogens with one attached hydrogen (secondary N) is 1. The van der Waals surface area contributed by atoms with Crippen LogP contribution in [0.4, 0.5) is 11.4 Å². The Bertz CT molecular complexity index is 422. The lowest BCUT2D eigenvalue weighted by molar-refractivity contribution is -0.116. The number of hydrogen-bond acceptors (Lipinski definition) is 3. The summed E-state index contributed by atoms with van der Waals surface area (Å²) < 4.78 is 6.09. The molecule has 0 saturated carbocycles. The van der Waals surface area contributed by atoms with Crippen molar-refractivity contribution in [2.24, 2.45) is 0 Å². The van der Waals surface area contributed by atoms with Gasteiger partial charge in [0.1, 0.15) is 0 Å². The van der Waals surface area contributed by atoms with Crippen molar-refractivity contribution in [1.82, 2.24) is 0 Å². The van der Waals surface area contributed by atoms with Crippen molar-refractivity contribution >= 4 is 33.2 Å². The van der Waals surface area contributed by atoms with E-state index < -0.39 is 0 Å². The minimum Gasteiger partial charge on any atom is -0.397 e. The Morgan fingerprint density at radius 3 is 2.89 bits per heavy atom. The maximum Gasteiger partial charge on any atom is 0.224 e. The highest BCUT2D eigenvalue weighted by molar-refractivity contribution is 9.10. The predicted molar refractivity (Wildman–Crippen MR) is 77.6 cm³/mol. The van der Waals surface area contributed by atoms with Gasteiger partial charge in [0.25, 0.3) is 0 Å². The Labute approximate surface area is 116 Å². The van der Waals surface area contributed by atoms with Gasteiger partial charge in [-0.15, -0.1) is 0 Å². The van der Waals surface area contributed by atoms with E-state index in [2.05, 4.69) is 21.2 Å². The van der Waals surface area contributed by atoms with Crippen molar-refractivity contribution in [2.45, 2.75) is 26.7 Å². The van der Waals surface area contributed by atoms with Gasteiger partial charge in [-0.25, -0.2) is 0 Å². The molecule has 0 aliphatic heterocycles. The number of nitrogen functional groups attached to an aromatic ring is 1. The maximum absolute atomic E-state index is 11.7. The number of halogens is 1. The molecule has 1 rings (SSSR count). The van der Waals surface area contributed by atoms with Gasteiger partial charge in [0, 0.05) is 24.1 Å². The molecule has 0 bridgehead atoms. The topological polar surface area (TPSA) is 64.3 Å². The number of aryl methyl sites for hydroxylation is 1. The van der Waals surface area contributed by atoms with Crippen LogP contribution in [0.1, 0.15) is 25.3 Å². The van der Waals surface area contributed by atoms with Crippen molar-refractivity contribution in [3.05, 3.63) is 22.2 Å². The summed E-state index contributed by atoms with van der Waals surface area (Å²) >= 11 is 3.38. The normalized spacial score (nSPS) is 10.4. The SMILES string of the molecule is CCOCCCC(=O)Nc1cc(Br)cc(C)c1N. The molecule has 0 atom stereocenters. The van der Waals surface area contributed by atoms with E-state index in [4.69, 9.17) is 10.5 Å². The van der Waals surface area contributed by atoms with Gasteiger partial charge < -0.3 is 15.8 Å². The first-order valence-corrected chi connectivity index (χ1v) is 6.77. The van der Waals surface area contributed by atoms with E-state index in [1.165, 1.54) is 0 Å². The van der Waals surface area contributed by atoms with E-state index in [1.807, 2.05) is 26.0 Å². The van der Waals surface area contributed by atoms with Gasteiger partial charge >= 0.3 is 0 Å². The van der Waals surface area contributed by atoms with Gasteiger partial charge in [0.2, 0.25) is 5.91 Å². The third-order valence-corrected chi connectivity index (χ3v) is 2.98. The molecule has 1 aromatic carbocycles. The minimum atomic E-state index is -0.0427. The first-order chi connectivity index (χ1) is 8.54. The van der Waals surface area contributed by atoms with Crippen LogP contribution >= 0.6 is 15.9 Å². The second-order valence-electron chi connectivity index (χ2n) is 4.03. The Hall–Kier alpha value is -1.07. The van der Waals surface area contributed by atoms with E-state index in [0.29, 0.717) is 37.4 Å². The zero-order valence-electron chi connectivity index (χ0n) is 10.8. The largest absolute Gasteiger partial charge is 0.397 e. The highest BCUT2D eigenvalue weighted by atomic mass is 79.9. The standard InChI is InChI=1S/C13H19BrN2O2/c1-3-18-6-4-5-12(17)16-11-8-10(14)7-9(2)13(11)15/h7-8H,3-6,15H2,1-2H3,(H,16,17). The van der Waals surface area contributed by atoms with Crippen molar-refractivity contribution in [1.29, 1.82) is 0 Å². The van der Waals surface area contributed by atoms with E-state index >= 15 is 0 Å². The molecule has 1 amide bonds. The molecule has 0 fully saturated rings. The van der Waals surface area contributed by atoms with Crippen LogP contribution in [0.25, 0.3) is 0 Å². The summed E-state index contributed by atoms with van der Waals surface area (Å²) in [5, 5.41) is 2.82. The van der Waals surface area contributed by atoms with Gasteiger partial charge in [-0.2, -0.15) is 0 Å². The summed E-state index contributed by atoms with van der Waals surface area (Å²) in [5.41, 5.74) is 8.12. The van der Waals surface area contributed by atoms with Crippen LogP contribution in [0, 0.1) is 6.92 Å². The van der Waals surface area contributed by atoms with Crippen molar-refractivity contribution in [3.8, 4) is 0 Å². The van der Waals surface area contributed by atoms with Gasteiger partial charge in [-0.05, 0) is 38.0 Å². The fraction of sp³-hybridized carbons (Fsp3) is 0.462.